The minimum absolute atomic E-state index is 0.0492. The van der Waals surface area contributed by atoms with Gasteiger partial charge >= 0.3 is 5.97 Å². The summed E-state index contributed by atoms with van der Waals surface area (Å²) in [6.07, 6.45) is 2.46. The van der Waals surface area contributed by atoms with E-state index in [-0.39, 0.29) is 5.69 Å². The molecular formula is C25H23F2N3O4. The van der Waals surface area contributed by atoms with E-state index in [4.69, 9.17) is 9.72 Å². The summed E-state index contributed by atoms with van der Waals surface area (Å²) < 4.78 is 31.5. The van der Waals surface area contributed by atoms with E-state index in [9.17, 15) is 23.2 Å². The maximum absolute atomic E-state index is 13.2. The van der Waals surface area contributed by atoms with Gasteiger partial charge in [0.25, 0.3) is 5.91 Å². The number of amides is 2. The van der Waals surface area contributed by atoms with Gasteiger partial charge in [-0.05, 0) is 48.9 Å². The summed E-state index contributed by atoms with van der Waals surface area (Å²) in [7, 11) is 0. The molecule has 2 aromatic carbocycles. The van der Waals surface area contributed by atoms with Crippen molar-refractivity contribution >= 4 is 34.4 Å². The number of carbonyl (C=O) groups excluding carboxylic acids is 3. The average Bonchev–Trinajstić information content (AvgIpc) is 2.82. The number of hydrogen-bond acceptors (Lipinski definition) is 5. The highest BCUT2D eigenvalue weighted by Crippen LogP contribution is 2.32. The van der Waals surface area contributed by atoms with Crippen LogP contribution in [0.1, 0.15) is 35.0 Å². The molecule has 0 saturated carbocycles. The summed E-state index contributed by atoms with van der Waals surface area (Å²) in [5.41, 5.74) is 2.90. The SMILES string of the molecule is CC1CCc2nc3ccccc3c(C(=O)OCC(=O)NCC(=O)Nc3ccc(F)c(F)c3)c2C1. The number of anilines is 1. The third-order valence-electron chi connectivity index (χ3n) is 5.69. The van der Waals surface area contributed by atoms with Crippen molar-refractivity contribution in [2.75, 3.05) is 18.5 Å². The number of para-hydroxylation sites is 1. The van der Waals surface area contributed by atoms with Gasteiger partial charge in [0, 0.05) is 22.8 Å². The number of nitrogens with zero attached hydrogens (tertiary/aromatic N) is 1. The predicted molar refractivity (Wildman–Crippen MR) is 121 cm³/mol. The molecule has 34 heavy (non-hydrogen) atoms. The number of halogens is 2. The molecule has 4 rings (SSSR count). The van der Waals surface area contributed by atoms with Crippen LogP contribution in [0.15, 0.2) is 42.5 Å². The first kappa shape index (κ1) is 23.3. The van der Waals surface area contributed by atoms with Crippen molar-refractivity contribution in [3.8, 4) is 0 Å². The molecule has 0 bridgehead atoms. The van der Waals surface area contributed by atoms with Gasteiger partial charge in [-0.1, -0.05) is 25.1 Å². The largest absolute Gasteiger partial charge is 0.452 e. The standard InChI is InChI=1S/C25H23F2N3O4/c1-14-6-9-21-17(10-14)24(16-4-2-3-5-20(16)30-21)25(33)34-13-23(32)28-12-22(31)29-15-7-8-18(26)19(27)11-15/h2-5,7-8,11,14H,6,9-10,12-13H2,1H3,(H,28,32)(H,29,31). The summed E-state index contributed by atoms with van der Waals surface area (Å²) in [5.74, 6) is -3.67. The molecule has 7 nitrogen and oxygen atoms in total. The van der Waals surface area contributed by atoms with Crippen LogP contribution in [-0.2, 0) is 27.2 Å². The Balaban J connectivity index is 1.38. The number of pyridine rings is 1. The number of carbonyl (C=O) groups is 3. The third-order valence-corrected chi connectivity index (χ3v) is 5.69. The van der Waals surface area contributed by atoms with Gasteiger partial charge in [0.1, 0.15) is 0 Å². The van der Waals surface area contributed by atoms with E-state index in [1.165, 1.54) is 6.07 Å². The number of fused-ring (bicyclic) bond motifs is 2. The number of hydrogen-bond donors (Lipinski definition) is 2. The zero-order valence-corrected chi connectivity index (χ0v) is 18.5. The maximum atomic E-state index is 13.2. The van der Waals surface area contributed by atoms with Gasteiger partial charge in [-0.25, -0.2) is 13.6 Å². The summed E-state index contributed by atoms with van der Waals surface area (Å²) in [5, 5.41) is 5.35. The van der Waals surface area contributed by atoms with E-state index in [2.05, 4.69) is 17.6 Å². The van der Waals surface area contributed by atoms with E-state index < -0.39 is 42.6 Å². The van der Waals surface area contributed by atoms with Crippen molar-refractivity contribution in [3.63, 3.8) is 0 Å². The number of aromatic nitrogens is 1. The van der Waals surface area contributed by atoms with Crippen LogP contribution in [0.2, 0.25) is 0 Å². The van der Waals surface area contributed by atoms with Crippen molar-refractivity contribution in [3.05, 3.63) is 70.9 Å². The summed E-state index contributed by atoms with van der Waals surface area (Å²) >= 11 is 0. The zero-order valence-electron chi connectivity index (χ0n) is 18.5. The zero-order chi connectivity index (χ0) is 24.2. The topological polar surface area (TPSA) is 97.4 Å². The number of rotatable bonds is 6. The molecule has 176 valence electrons. The van der Waals surface area contributed by atoms with Gasteiger partial charge in [-0.3, -0.25) is 14.6 Å². The number of nitrogens with one attached hydrogen (secondary N) is 2. The lowest BCUT2D eigenvalue weighted by Gasteiger charge is -2.24. The Kier molecular flexibility index (Phi) is 6.81. The highest BCUT2D eigenvalue weighted by Gasteiger charge is 2.26. The van der Waals surface area contributed by atoms with E-state index >= 15 is 0 Å². The maximum Gasteiger partial charge on any atom is 0.339 e. The number of esters is 1. The molecule has 9 heteroatoms. The Morgan fingerprint density at radius 2 is 1.88 bits per heavy atom. The molecular weight excluding hydrogens is 444 g/mol. The monoisotopic (exact) mass is 467 g/mol. The number of benzene rings is 2. The lowest BCUT2D eigenvalue weighted by molar-refractivity contribution is -0.126. The number of ether oxygens (including phenoxy) is 1. The van der Waals surface area contributed by atoms with Crippen molar-refractivity contribution in [2.45, 2.75) is 26.2 Å². The normalized spacial score (nSPS) is 14.9. The fourth-order valence-corrected chi connectivity index (χ4v) is 4.01. The van der Waals surface area contributed by atoms with E-state index in [1.807, 2.05) is 18.2 Å². The molecule has 2 N–H and O–H groups in total. The Labute approximate surface area is 194 Å². The first-order valence-corrected chi connectivity index (χ1v) is 10.9. The summed E-state index contributed by atoms with van der Waals surface area (Å²) in [6, 6.07) is 10.2. The molecule has 0 radical (unpaired) electrons. The highest BCUT2D eigenvalue weighted by molar-refractivity contribution is 6.05. The first-order chi connectivity index (χ1) is 16.3. The average molecular weight is 467 g/mol. The van der Waals surface area contributed by atoms with Gasteiger partial charge in [0.05, 0.1) is 17.6 Å². The first-order valence-electron chi connectivity index (χ1n) is 10.9. The van der Waals surface area contributed by atoms with Gasteiger partial charge in [0.2, 0.25) is 5.91 Å². The second kappa shape index (κ2) is 9.94. The summed E-state index contributed by atoms with van der Waals surface area (Å²) in [6.45, 7) is 1.12. The minimum Gasteiger partial charge on any atom is -0.452 e. The molecule has 1 unspecified atom stereocenters. The van der Waals surface area contributed by atoms with Gasteiger partial charge in [-0.2, -0.15) is 0 Å². The predicted octanol–water partition coefficient (Wildman–Crippen LogP) is 3.55. The minimum atomic E-state index is -1.10. The molecule has 1 aromatic heterocycles. The Hall–Kier alpha value is -3.88. The molecule has 1 aliphatic rings. The lowest BCUT2D eigenvalue weighted by Crippen LogP contribution is -2.35. The van der Waals surface area contributed by atoms with Crippen molar-refractivity contribution in [1.29, 1.82) is 0 Å². The molecule has 1 heterocycles. The Morgan fingerprint density at radius 1 is 1.09 bits per heavy atom. The van der Waals surface area contributed by atoms with Crippen LogP contribution >= 0.6 is 0 Å². The van der Waals surface area contributed by atoms with Crippen LogP contribution in [0.4, 0.5) is 14.5 Å². The Morgan fingerprint density at radius 3 is 2.68 bits per heavy atom. The second-order valence-electron chi connectivity index (χ2n) is 8.31. The fourth-order valence-electron chi connectivity index (χ4n) is 4.01. The van der Waals surface area contributed by atoms with Gasteiger partial charge in [0.15, 0.2) is 18.2 Å². The molecule has 0 spiro atoms. The van der Waals surface area contributed by atoms with Crippen molar-refractivity contribution in [1.82, 2.24) is 10.3 Å². The Bertz CT molecular complexity index is 1280. The van der Waals surface area contributed by atoms with Gasteiger partial charge in [-0.15, -0.1) is 0 Å². The van der Waals surface area contributed by atoms with E-state index in [0.717, 1.165) is 36.2 Å². The molecule has 0 fully saturated rings. The molecule has 0 saturated heterocycles. The van der Waals surface area contributed by atoms with E-state index in [0.29, 0.717) is 28.8 Å². The van der Waals surface area contributed by atoms with Crippen LogP contribution < -0.4 is 10.6 Å². The van der Waals surface area contributed by atoms with Crippen molar-refractivity contribution < 1.29 is 27.9 Å². The quantitative estimate of drug-likeness (QED) is 0.541. The molecule has 0 aliphatic heterocycles. The van der Waals surface area contributed by atoms with Crippen molar-refractivity contribution in [2.24, 2.45) is 5.92 Å². The number of aryl methyl sites for hydroxylation is 1. The third kappa shape index (κ3) is 5.19. The van der Waals surface area contributed by atoms with Crippen LogP contribution in [0.3, 0.4) is 0 Å². The van der Waals surface area contributed by atoms with Crippen LogP contribution in [0.25, 0.3) is 10.9 Å². The fraction of sp³-hybridized carbons (Fsp3) is 0.280. The van der Waals surface area contributed by atoms with Gasteiger partial charge < -0.3 is 15.4 Å². The van der Waals surface area contributed by atoms with Crippen LogP contribution in [-0.4, -0.2) is 35.9 Å². The molecule has 1 aliphatic carbocycles. The van der Waals surface area contributed by atoms with Crippen LogP contribution in [0.5, 0.6) is 0 Å². The smallest absolute Gasteiger partial charge is 0.339 e. The second-order valence-corrected chi connectivity index (χ2v) is 8.31. The molecule has 3 aromatic rings. The van der Waals surface area contributed by atoms with E-state index in [1.54, 1.807) is 6.07 Å². The molecule has 2 amide bonds. The molecule has 1 atom stereocenters. The lowest BCUT2D eigenvalue weighted by atomic mass is 9.84. The van der Waals surface area contributed by atoms with Crippen LogP contribution in [0, 0.1) is 17.6 Å². The summed E-state index contributed by atoms with van der Waals surface area (Å²) in [4.78, 5) is 41.8. The highest BCUT2D eigenvalue weighted by atomic mass is 19.2.